The molecule has 2 rings (SSSR count). The lowest BCUT2D eigenvalue weighted by Gasteiger charge is -2.03. The average molecular weight is 206 g/mol. The van der Waals surface area contributed by atoms with Crippen LogP contribution in [0.4, 0.5) is 0 Å². The highest BCUT2D eigenvalue weighted by atomic mass is 32.1. The Morgan fingerprint density at radius 1 is 1.29 bits per heavy atom. The molecule has 0 bridgehead atoms. The minimum Gasteiger partial charge on any atom is -0.392 e. The fraction of sp³-hybridized carbons (Fsp3) is 0.100. The van der Waals surface area contributed by atoms with E-state index in [-0.39, 0.29) is 6.61 Å². The number of hydrogen-bond donors (Lipinski definition) is 3. The predicted octanol–water partition coefficient (Wildman–Crippen LogP) is 2.23. The highest BCUT2D eigenvalue weighted by Crippen LogP contribution is 2.20. The van der Waals surface area contributed by atoms with Crippen LogP contribution in [-0.2, 0) is 6.61 Å². The molecule has 0 spiro atoms. The smallest absolute Gasteiger partial charge is 0.174 e. The van der Waals surface area contributed by atoms with E-state index in [9.17, 15) is 0 Å². The second kappa shape index (κ2) is 3.77. The van der Waals surface area contributed by atoms with E-state index in [0.717, 1.165) is 16.8 Å². The summed E-state index contributed by atoms with van der Waals surface area (Å²) in [5.74, 6) is 0. The number of imidazole rings is 1. The first-order valence-electron chi connectivity index (χ1n) is 4.28. The van der Waals surface area contributed by atoms with Crippen LogP contribution in [0.3, 0.4) is 0 Å². The van der Waals surface area contributed by atoms with Crippen molar-refractivity contribution in [2.24, 2.45) is 0 Å². The van der Waals surface area contributed by atoms with E-state index < -0.39 is 0 Å². The summed E-state index contributed by atoms with van der Waals surface area (Å²) in [7, 11) is 0. The third kappa shape index (κ3) is 1.62. The Hall–Kier alpha value is -1.39. The minimum atomic E-state index is 0.0297. The molecule has 0 fully saturated rings. The van der Waals surface area contributed by atoms with Crippen molar-refractivity contribution < 1.29 is 5.11 Å². The topological polar surface area (TPSA) is 51.8 Å². The van der Waals surface area contributed by atoms with Gasteiger partial charge < -0.3 is 15.1 Å². The number of nitrogens with one attached hydrogen (secondary N) is 2. The van der Waals surface area contributed by atoms with Gasteiger partial charge in [-0.1, -0.05) is 24.3 Å². The van der Waals surface area contributed by atoms with Crippen molar-refractivity contribution in [1.29, 1.82) is 0 Å². The van der Waals surface area contributed by atoms with Crippen LogP contribution in [-0.4, -0.2) is 15.1 Å². The van der Waals surface area contributed by atoms with Crippen LogP contribution in [0.25, 0.3) is 11.3 Å². The zero-order valence-corrected chi connectivity index (χ0v) is 8.27. The van der Waals surface area contributed by atoms with Crippen molar-refractivity contribution in [1.82, 2.24) is 9.97 Å². The quantitative estimate of drug-likeness (QED) is 0.660. The molecule has 0 saturated heterocycles. The maximum Gasteiger partial charge on any atom is 0.174 e. The molecule has 0 aliphatic heterocycles. The third-order valence-corrected chi connectivity index (χ3v) is 2.29. The van der Waals surface area contributed by atoms with Crippen molar-refractivity contribution in [3.05, 3.63) is 40.8 Å². The fourth-order valence-electron chi connectivity index (χ4n) is 1.40. The minimum absolute atomic E-state index is 0.0297. The van der Waals surface area contributed by atoms with Gasteiger partial charge in [-0.15, -0.1) is 0 Å². The standard InChI is InChI=1S/C10H10N2OS/c13-6-7-3-1-2-4-8(7)9-5-11-10(14)12-9/h1-5,13H,6H2,(H2,11,12,14). The highest BCUT2D eigenvalue weighted by Gasteiger charge is 2.03. The molecule has 0 saturated carbocycles. The van der Waals surface area contributed by atoms with E-state index in [0.29, 0.717) is 4.77 Å². The van der Waals surface area contributed by atoms with Gasteiger partial charge >= 0.3 is 0 Å². The van der Waals surface area contributed by atoms with E-state index in [1.807, 2.05) is 24.3 Å². The number of aromatic amines is 2. The molecule has 0 aliphatic rings. The normalized spacial score (nSPS) is 10.4. The molecule has 0 amide bonds. The molecular formula is C10H10N2OS. The number of H-pyrrole nitrogens is 2. The van der Waals surface area contributed by atoms with Gasteiger partial charge in [0, 0.05) is 11.8 Å². The Bertz CT molecular complexity index is 487. The zero-order chi connectivity index (χ0) is 9.97. The van der Waals surface area contributed by atoms with E-state index >= 15 is 0 Å². The Morgan fingerprint density at radius 2 is 2.07 bits per heavy atom. The number of aromatic nitrogens is 2. The summed E-state index contributed by atoms with van der Waals surface area (Å²) in [6.45, 7) is 0.0297. The molecule has 72 valence electrons. The zero-order valence-electron chi connectivity index (χ0n) is 7.45. The molecular weight excluding hydrogens is 196 g/mol. The first kappa shape index (κ1) is 9.18. The van der Waals surface area contributed by atoms with Crippen molar-refractivity contribution in [3.63, 3.8) is 0 Å². The molecule has 2 aromatic rings. The number of hydrogen-bond acceptors (Lipinski definition) is 2. The third-order valence-electron chi connectivity index (χ3n) is 2.07. The van der Waals surface area contributed by atoms with Gasteiger partial charge in [-0.2, -0.15) is 0 Å². The Labute approximate surface area is 86.4 Å². The van der Waals surface area contributed by atoms with Gasteiger partial charge in [0.25, 0.3) is 0 Å². The van der Waals surface area contributed by atoms with E-state index in [2.05, 4.69) is 9.97 Å². The van der Waals surface area contributed by atoms with Crippen LogP contribution < -0.4 is 0 Å². The second-order valence-corrected chi connectivity index (χ2v) is 3.38. The molecule has 0 aliphatic carbocycles. The Kier molecular flexibility index (Phi) is 2.47. The summed E-state index contributed by atoms with van der Waals surface area (Å²) in [5, 5.41) is 9.14. The van der Waals surface area contributed by atoms with E-state index in [1.165, 1.54) is 0 Å². The van der Waals surface area contributed by atoms with Crippen LogP contribution in [0.15, 0.2) is 30.5 Å². The van der Waals surface area contributed by atoms with Crippen LogP contribution >= 0.6 is 12.2 Å². The first-order valence-corrected chi connectivity index (χ1v) is 4.69. The maximum atomic E-state index is 9.14. The van der Waals surface area contributed by atoms with Crippen molar-refractivity contribution >= 4 is 12.2 Å². The van der Waals surface area contributed by atoms with Crippen LogP contribution in [0, 0.1) is 4.77 Å². The van der Waals surface area contributed by atoms with Crippen LogP contribution in [0.5, 0.6) is 0 Å². The lowest BCUT2D eigenvalue weighted by Crippen LogP contribution is -1.88. The summed E-state index contributed by atoms with van der Waals surface area (Å²) in [5.41, 5.74) is 2.76. The molecule has 3 N–H and O–H groups in total. The molecule has 1 aromatic carbocycles. The van der Waals surface area contributed by atoms with E-state index in [1.54, 1.807) is 6.20 Å². The summed E-state index contributed by atoms with van der Waals surface area (Å²) in [4.78, 5) is 5.91. The lowest BCUT2D eigenvalue weighted by atomic mass is 10.1. The monoisotopic (exact) mass is 206 g/mol. The summed E-state index contributed by atoms with van der Waals surface area (Å²) >= 11 is 4.94. The van der Waals surface area contributed by atoms with Crippen molar-refractivity contribution in [2.75, 3.05) is 0 Å². The summed E-state index contributed by atoms with van der Waals surface area (Å²) in [6, 6.07) is 7.66. The highest BCUT2D eigenvalue weighted by molar-refractivity contribution is 7.71. The second-order valence-electron chi connectivity index (χ2n) is 2.97. The molecule has 3 nitrogen and oxygen atoms in total. The summed E-state index contributed by atoms with van der Waals surface area (Å²) < 4.78 is 0.591. The molecule has 0 radical (unpaired) electrons. The molecule has 4 heteroatoms. The Morgan fingerprint density at radius 3 is 2.71 bits per heavy atom. The van der Waals surface area contributed by atoms with Crippen LogP contribution in [0.1, 0.15) is 5.56 Å². The number of aliphatic hydroxyl groups is 1. The molecule has 1 aromatic heterocycles. The van der Waals surface area contributed by atoms with Crippen LogP contribution in [0.2, 0.25) is 0 Å². The molecule has 0 atom stereocenters. The van der Waals surface area contributed by atoms with E-state index in [4.69, 9.17) is 17.3 Å². The SMILES string of the molecule is OCc1ccccc1-c1c[nH]c(=S)[nH]1. The van der Waals surface area contributed by atoms with Gasteiger partial charge in [0.15, 0.2) is 4.77 Å². The Balaban J connectivity index is 2.55. The lowest BCUT2D eigenvalue weighted by molar-refractivity contribution is 0.282. The van der Waals surface area contributed by atoms with Gasteiger partial charge in [0.2, 0.25) is 0 Å². The fourth-order valence-corrected chi connectivity index (χ4v) is 1.57. The number of benzene rings is 1. The first-order chi connectivity index (χ1) is 6.81. The van der Waals surface area contributed by atoms with Crippen molar-refractivity contribution in [2.45, 2.75) is 6.61 Å². The number of rotatable bonds is 2. The van der Waals surface area contributed by atoms with Gasteiger partial charge in [-0.3, -0.25) is 0 Å². The maximum absolute atomic E-state index is 9.14. The van der Waals surface area contributed by atoms with Gasteiger partial charge in [-0.05, 0) is 17.8 Å². The summed E-state index contributed by atoms with van der Waals surface area (Å²) in [6.07, 6.45) is 1.80. The molecule has 0 unspecified atom stereocenters. The average Bonchev–Trinajstić information content (AvgIpc) is 2.65. The predicted molar refractivity (Wildman–Crippen MR) is 57.3 cm³/mol. The number of aliphatic hydroxyl groups excluding tert-OH is 1. The van der Waals surface area contributed by atoms with Crippen molar-refractivity contribution in [3.8, 4) is 11.3 Å². The molecule has 1 heterocycles. The molecule has 14 heavy (non-hydrogen) atoms. The van der Waals surface area contributed by atoms with Gasteiger partial charge in [0.05, 0.1) is 12.3 Å². The van der Waals surface area contributed by atoms with Gasteiger partial charge in [0.1, 0.15) is 0 Å². The van der Waals surface area contributed by atoms with Gasteiger partial charge in [-0.25, -0.2) is 0 Å². The largest absolute Gasteiger partial charge is 0.392 e.